The Labute approximate surface area is 91.1 Å². The average Bonchev–Trinajstić information content (AvgIpc) is 2.66. The normalized spacial score (nSPS) is 22.2. The molecular formula is C11H20N4. The van der Waals surface area contributed by atoms with Crippen molar-refractivity contribution in [2.45, 2.75) is 45.7 Å². The van der Waals surface area contributed by atoms with E-state index in [0.717, 1.165) is 18.9 Å². The van der Waals surface area contributed by atoms with E-state index in [1.807, 2.05) is 6.33 Å². The summed E-state index contributed by atoms with van der Waals surface area (Å²) in [7, 11) is 0. The molecule has 4 nitrogen and oxygen atoms in total. The quantitative estimate of drug-likeness (QED) is 0.823. The van der Waals surface area contributed by atoms with Gasteiger partial charge in [-0.2, -0.15) is 0 Å². The summed E-state index contributed by atoms with van der Waals surface area (Å²) in [4.78, 5) is 0. The van der Waals surface area contributed by atoms with Gasteiger partial charge in [-0.05, 0) is 25.3 Å². The summed E-state index contributed by atoms with van der Waals surface area (Å²) >= 11 is 0. The van der Waals surface area contributed by atoms with Crippen LogP contribution in [0, 0.1) is 5.92 Å². The molecule has 4 heteroatoms. The van der Waals surface area contributed by atoms with Crippen molar-refractivity contribution in [2.24, 2.45) is 5.92 Å². The van der Waals surface area contributed by atoms with Crippen molar-refractivity contribution in [2.75, 3.05) is 6.54 Å². The lowest BCUT2D eigenvalue weighted by atomic mass is 10.0. The number of hydrogen-bond acceptors (Lipinski definition) is 3. The lowest BCUT2D eigenvalue weighted by Gasteiger charge is -2.23. The monoisotopic (exact) mass is 208 g/mol. The van der Waals surface area contributed by atoms with Gasteiger partial charge in [-0.3, -0.25) is 0 Å². The predicted octanol–water partition coefficient (Wildman–Crippen LogP) is 1.75. The van der Waals surface area contributed by atoms with Crippen LogP contribution in [0.3, 0.4) is 0 Å². The number of nitrogens with zero attached hydrogens (tertiary/aromatic N) is 3. The third kappa shape index (κ3) is 2.56. The zero-order valence-electron chi connectivity index (χ0n) is 9.61. The fourth-order valence-corrected chi connectivity index (χ4v) is 2.14. The third-order valence-corrected chi connectivity index (χ3v) is 2.83. The molecule has 0 amide bonds. The summed E-state index contributed by atoms with van der Waals surface area (Å²) in [6.07, 6.45) is 5.63. The van der Waals surface area contributed by atoms with E-state index in [2.05, 4.69) is 33.9 Å². The number of aromatic nitrogens is 3. The first-order valence-electron chi connectivity index (χ1n) is 5.88. The smallest absolute Gasteiger partial charge is 0.149 e. The van der Waals surface area contributed by atoms with E-state index < -0.39 is 0 Å². The average molecular weight is 208 g/mol. The Morgan fingerprint density at radius 3 is 3.07 bits per heavy atom. The van der Waals surface area contributed by atoms with E-state index in [1.165, 1.54) is 19.3 Å². The Morgan fingerprint density at radius 1 is 1.53 bits per heavy atom. The topological polar surface area (TPSA) is 42.7 Å². The number of rotatable bonds is 3. The Morgan fingerprint density at radius 2 is 2.40 bits per heavy atom. The molecule has 1 aliphatic heterocycles. The zero-order valence-corrected chi connectivity index (χ0v) is 9.61. The van der Waals surface area contributed by atoms with Crippen molar-refractivity contribution in [3.63, 3.8) is 0 Å². The van der Waals surface area contributed by atoms with Crippen LogP contribution >= 0.6 is 0 Å². The molecule has 0 aromatic carbocycles. The number of piperidine rings is 1. The third-order valence-electron chi connectivity index (χ3n) is 2.83. The van der Waals surface area contributed by atoms with E-state index in [9.17, 15) is 0 Å². The Bertz CT molecular complexity index is 299. The van der Waals surface area contributed by atoms with Gasteiger partial charge in [-0.1, -0.05) is 20.3 Å². The molecule has 0 saturated carbocycles. The molecule has 1 saturated heterocycles. The molecule has 0 spiro atoms. The standard InChI is InChI=1S/C11H20N4/c1-9(2)7-15-8-13-14-11(15)10-5-3-4-6-12-10/h8-10,12H,3-7H2,1-2H3. The SMILES string of the molecule is CC(C)Cn1cnnc1C1CCCCN1. The first-order chi connectivity index (χ1) is 7.27. The minimum Gasteiger partial charge on any atom is -0.316 e. The summed E-state index contributed by atoms with van der Waals surface area (Å²) in [6, 6.07) is 0.417. The van der Waals surface area contributed by atoms with Gasteiger partial charge in [-0.15, -0.1) is 10.2 Å². The van der Waals surface area contributed by atoms with Gasteiger partial charge < -0.3 is 9.88 Å². The van der Waals surface area contributed by atoms with Crippen molar-refractivity contribution in [1.29, 1.82) is 0 Å². The highest BCUT2D eigenvalue weighted by molar-refractivity contribution is 4.96. The van der Waals surface area contributed by atoms with Gasteiger partial charge in [-0.25, -0.2) is 0 Å². The maximum absolute atomic E-state index is 4.24. The molecule has 1 unspecified atom stereocenters. The van der Waals surface area contributed by atoms with Crippen molar-refractivity contribution in [3.8, 4) is 0 Å². The van der Waals surface area contributed by atoms with Crippen LogP contribution in [0.25, 0.3) is 0 Å². The molecule has 2 heterocycles. The Kier molecular flexibility index (Phi) is 3.36. The molecule has 15 heavy (non-hydrogen) atoms. The highest BCUT2D eigenvalue weighted by Crippen LogP contribution is 2.21. The molecule has 1 atom stereocenters. The maximum Gasteiger partial charge on any atom is 0.149 e. The van der Waals surface area contributed by atoms with Crippen molar-refractivity contribution in [3.05, 3.63) is 12.2 Å². The zero-order chi connectivity index (χ0) is 10.7. The predicted molar refractivity (Wildman–Crippen MR) is 59.5 cm³/mol. The molecule has 0 radical (unpaired) electrons. The summed E-state index contributed by atoms with van der Waals surface area (Å²) < 4.78 is 2.19. The van der Waals surface area contributed by atoms with Crippen molar-refractivity contribution < 1.29 is 0 Å². The van der Waals surface area contributed by atoms with Gasteiger partial charge in [0, 0.05) is 6.54 Å². The second-order valence-corrected chi connectivity index (χ2v) is 4.74. The summed E-state index contributed by atoms with van der Waals surface area (Å²) in [6.45, 7) is 6.57. The number of nitrogens with one attached hydrogen (secondary N) is 1. The van der Waals surface area contributed by atoms with Crippen LogP contribution in [0.15, 0.2) is 6.33 Å². The molecular weight excluding hydrogens is 188 g/mol. The molecule has 1 aliphatic rings. The molecule has 1 fully saturated rings. The van der Waals surface area contributed by atoms with E-state index >= 15 is 0 Å². The van der Waals surface area contributed by atoms with Crippen LogP contribution in [-0.4, -0.2) is 21.3 Å². The highest BCUT2D eigenvalue weighted by Gasteiger charge is 2.20. The molecule has 1 aromatic rings. The van der Waals surface area contributed by atoms with Crippen LogP contribution in [0.4, 0.5) is 0 Å². The van der Waals surface area contributed by atoms with E-state index in [4.69, 9.17) is 0 Å². The van der Waals surface area contributed by atoms with Gasteiger partial charge >= 0.3 is 0 Å². The lowest BCUT2D eigenvalue weighted by Crippen LogP contribution is -2.29. The fourth-order valence-electron chi connectivity index (χ4n) is 2.14. The molecule has 1 N–H and O–H groups in total. The fraction of sp³-hybridized carbons (Fsp3) is 0.818. The molecule has 84 valence electrons. The van der Waals surface area contributed by atoms with Crippen LogP contribution in [0.5, 0.6) is 0 Å². The maximum atomic E-state index is 4.24. The van der Waals surface area contributed by atoms with Crippen LogP contribution < -0.4 is 5.32 Å². The van der Waals surface area contributed by atoms with E-state index in [-0.39, 0.29) is 0 Å². The van der Waals surface area contributed by atoms with Crippen LogP contribution in [-0.2, 0) is 6.54 Å². The van der Waals surface area contributed by atoms with Crippen LogP contribution in [0.2, 0.25) is 0 Å². The minimum atomic E-state index is 0.417. The highest BCUT2D eigenvalue weighted by atomic mass is 15.3. The van der Waals surface area contributed by atoms with Crippen molar-refractivity contribution in [1.82, 2.24) is 20.1 Å². The molecule has 0 aliphatic carbocycles. The van der Waals surface area contributed by atoms with Crippen molar-refractivity contribution >= 4 is 0 Å². The van der Waals surface area contributed by atoms with Gasteiger partial charge in [0.2, 0.25) is 0 Å². The van der Waals surface area contributed by atoms with Gasteiger partial charge in [0.1, 0.15) is 12.2 Å². The summed E-state index contributed by atoms with van der Waals surface area (Å²) in [5.74, 6) is 1.76. The van der Waals surface area contributed by atoms with Crippen LogP contribution in [0.1, 0.15) is 45.0 Å². The van der Waals surface area contributed by atoms with E-state index in [0.29, 0.717) is 12.0 Å². The first-order valence-corrected chi connectivity index (χ1v) is 5.88. The van der Waals surface area contributed by atoms with Gasteiger partial charge in [0.25, 0.3) is 0 Å². The lowest BCUT2D eigenvalue weighted by molar-refractivity contribution is 0.376. The van der Waals surface area contributed by atoms with Gasteiger partial charge in [0.05, 0.1) is 6.04 Å². The molecule has 2 rings (SSSR count). The second-order valence-electron chi connectivity index (χ2n) is 4.74. The minimum absolute atomic E-state index is 0.417. The Hall–Kier alpha value is -0.900. The summed E-state index contributed by atoms with van der Waals surface area (Å²) in [5, 5.41) is 11.8. The number of hydrogen-bond donors (Lipinski definition) is 1. The Balaban J connectivity index is 2.09. The second kappa shape index (κ2) is 4.75. The molecule has 0 bridgehead atoms. The summed E-state index contributed by atoms with van der Waals surface area (Å²) in [5.41, 5.74) is 0. The molecule has 1 aromatic heterocycles. The largest absolute Gasteiger partial charge is 0.316 e. The van der Waals surface area contributed by atoms with E-state index in [1.54, 1.807) is 0 Å². The van der Waals surface area contributed by atoms with Gasteiger partial charge in [0.15, 0.2) is 0 Å². The first kappa shape index (κ1) is 10.6.